The van der Waals surface area contributed by atoms with Crippen LogP contribution in [0.5, 0.6) is 0 Å². The fourth-order valence-corrected chi connectivity index (χ4v) is 2.53. The molecule has 22 heavy (non-hydrogen) atoms. The van der Waals surface area contributed by atoms with Crippen molar-refractivity contribution in [3.8, 4) is 0 Å². The van der Waals surface area contributed by atoms with Crippen molar-refractivity contribution in [3.63, 3.8) is 0 Å². The molecule has 1 aromatic heterocycles. The van der Waals surface area contributed by atoms with Gasteiger partial charge in [-0.05, 0) is 13.8 Å². The highest BCUT2D eigenvalue weighted by Crippen LogP contribution is 2.22. The second kappa shape index (κ2) is 6.60. The van der Waals surface area contributed by atoms with E-state index in [1.807, 2.05) is 13.8 Å². The quantitative estimate of drug-likeness (QED) is 0.511. The Kier molecular flexibility index (Phi) is 5.00. The molecule has 0 saturated carbocycles. The van der Waals surface area contributed by atoms with Gasteiger partial charge in [-0.1, -0.05) is 18.2 Å². The van der Waals surface area contributed by atoms with Gasteiger partial charge in [-0.25, -0.2) is 18.6 Å². The summed E-state index contributed by atoms with van der Waals surface area (Å²) in [6, 6.07) is 12.8. The summed E-state index contributed by atoms with van der Waals surface area (Å²) in [7, 11) is -4.94. The van der Waals surface area contributed by atoms with E-state index in [1.165, 1.54) is 16.6 Å². The maximum Gasteiger partial charge on any atom is 0.212 e. The first-order chi connectivity index (χ1) is 10.2. The minimum atomic E-state index is -4.94. The van der Waals surface area contributed by atoms with Gasteiger partial charge in [0.15, 0.2) is 6.54 Å². The molecule has 0 unspecified atom stereocenters. The molecule has 1 aliphatic rings. The van der Waals surface area contributed by atoms with Gasteiger partial charge in [-0.15, -0.1) is 10.2 Å². The fourth-order valence-electron chi connectivity index (χ4n) is 2.53. The molecule has 0 radical (unpaired) electrons. The molecule has 0 amide bonds. The van der Waals surface area contributed by atoms with E-state index in [9.17, 15) is 0 Å². The van der Waals surface area contributed by atoms with E-state index >= 15 is 0 Å². The predicted molar refractivity (Wildman–Crippen MR) is 68.1 cm³/mol. The van der Waals surface area contributed by atoms with E-state index in [4.69, 9.17) is 23.1 Å². The van der Waals surface area contributed by atoms with Gasteiger partial charge in [-0.2, -0.15) is 4.58 Å². The highest BCUT2D eigenvalue weighted by Gasteiger charge is 2.23. The molecule has 0 fully saturated rings. The predicted octanol–water partition coefficient (Wildman–Crippen LogP) is -2.20. The molecule has 1 aromatic carbocycles. The molecule has 118 valence electrons. The van der Waals surface area contributed by atoms with Crippen LogP contribution >= 0.6 is 0 Å². The highest BCUT2D eigenvalue weighted by atomic mass is 35.7. The third-order valence-corrected chi connectivity index (χ3v) is 3.22. The van der Waals surface area contributed by atoms with Crippen LogP contribution in [0.4, 0.5) is 5.69 Å². The zero-order valence-electron chi connectivity index (χ0n) is 12.2. The summed E-state index contributed by atoms with van der Waals surface area (Å²) in [4.78, 5) is 0. The molecule has 7 heteroatoms. The van der Waals surface area contributed by atoms with Gasteiger partial charge in [0.2, 0.25) is 11.0 Å². The van der Waals surface area contributed by atoms with E-state index in [0.717, 1.165) is 24.5 Å². The molecule has 1 aliphatic heterocycles. The zero-order chi connectivity index (χ0) is 16.3. The van der Waals surface area contributed by atoms with Gasteiger partial charge in [-0.3, -0.25) is 0 Å². The molecule has 0 spiro atoms. The van der Waals surface area contributed by atoms with E-state index in [1.54, 1.807) is 0 Å². The second-order valence-corrected chi connectivity index (χ2v) is 5.70. The van der Waals surface area contributed by atoms with Crippen LogP contribution in [0.15, 0.2) is 40.8 Å². The molecular formula is C15H16ClNO5. The molecule has 0 bridgehead atoms. The summed E-state index contributed by atoms with van der Waals surface area (Å²) < 4.78 is 41.9. The molecular weight excluding hydrogens is 310 g/mol. The van der Waals surface area contributed by atoms with E-state index < -0.39 is 10.2 Å². The Balaban J connectivity index is 0.000000309. The minimum absolute atomic E-state index is 0.962. The number of rotatable bonds is 0. The van der Waals surface area contributed by atoms with Crippen LogP contribution in [0.3, 0.4) is 0 Å². The minimum Gasteiger partial charge on any atom is -0.466 e. The van der Waals surface area contributed by atoms with E-state index in [-0.39, 0.29) is 0 Å². The maximum atomic E-state index is 8.49. The van der Waals surface area contributed by atoms with E-state index in [0.29, 0.717) is 0 Å². The van der Waals surface area contributed by atoms with Crippen molar-refractivity contribution in [3.05, 3.63) is 58.8 Å². The van der Waals surface area contributed by atoms with Gasteiger partial charge in [0, 0.05) is 30.2 Å². The van der Waals surface area contributed by atoms with Crippen LogP contribution in [0, 0.1) is 24.1 Å². The van der Waals surface area contributed by atoms with Crippen molar-refractivity contribution >= 4 is 5.69 Å². The molecule has 3 rings (SSSR count). The number of aryl methyl sites for hydroxylation is 2. The molecule has 0 atom stereocenters. The van der Waals surface area contributed by atoms with Gasteiger partial charge in [0.1, 0.15) is 11.5 Å². The maximum absolute atomic E-state index is 8.49. The lowest BCUT2D eigenvalue weighted by Gasteiger charge is -2.17. The first-order valence-corrected chi connectivity index (χ1v) is 7.86. The Morgan fingerprint density at radius 1 is 1.00 bits per heavy atom. The highest BCUT2D eigenvalue weighted by molar-refractivity contribution is 5.50. The number of hydrogen-bond donors (Lipinski definition) is 0. The van der Waals surface area contributed by atoms with Crippen LogP contribution in [0.25, 0.3) is 0 Å². The van der Waals surface area contributed by atoms with Crippen molar-refractivity contribution in [1.82, 2.24) is 4.58 Å². The monoisotopic (exact) mass is 325 g/mol. The average Bonchev–Trinajstić information content (AvgIpc) is 2.79. The third-order valence-electron chi connectivity index (χ3n) is 3.22. The number of para-hydroxylation sites is 1. The van der Waals surface area contributed by atoms with Gasteiger partial charge in [0.05, 0.1) is 0 Å². The topological polar surface area (TPSA) is 108 Å². The average molecular weight is 326 g/mol. The van der Waals surface area contributed by atoms with Crippen molar-refractivity contribution in [2.24, 2.45) is 0 Å². The molecule has 2 heterocycles. The number of halogens is 1. The smallest absolute Gasteiger partial charge is 0.212 e. The molecule has 0 N–H and O–H groups in total. The normalized spacial score (nSPS) is 13.5. The summed E-state index contributed by atoms with van der Waals surface area (Å²) in [6.45, 7) is 5.05. The van der Waals surface area contributed by atoms with Crippen LogP contribution < -0.4 is 28.6 Å². The Hall–Kier alpha value is -1.70. The Bertz CT molecular complexity index is 704. The number of nitrogens with zero attached hydrogens (tertiary/aromatic N) is 1. The van der Waals surface area contributed by atoms with Gasteiger partial charge >= 0.3 is 0 Å². The summed E-state index contributed by atoms with van der Waals surface area (Å²) in [5.74, 6) is 1.92. The fraction of sp³-hybridized carbons (Fsp3) is 0.267. The lowest BCUT2D eigenvalue weighted by Crippen LogP contribution is -2.68. The summed E-state index contributed by atoms with van der Waals surface area (Å²) in [6.07, 6.45) is 1.13. The Morgan fingerprint density at radius 2 is 1.55 bits per heavy atom. The molecule has 6 nitrogen and oxygen atoms in total. The van der Waals surface area contributed by atoms with Gasteiger partial charge < -0.3 is 4.42 Å². The second-order valence-electron chi connectivity index (χ2n) is 4.95. The van der Waals surface area contributed by atoms with Gasteiger partial charge in [0.25, 0.3) is 0 Å². The lowest BCUT2D eigenvalue weighted by atomic mass is 10.2. The number of hydrogen-bond acceptors (Lipinski definition) is 5. The first kappa shape index (κ1) is 16.7. The Labute approximate surface area is 129 Å². The van der Waals surface area contributed by atoms with Crippen LogP contribution in [0.2, 0.25) is 0 Å². The lowest BCUT2D eigenvalue weighted by molar-refractivity contribution is -2.00. The first-order valence-electron chi connectivity index (χ1n) is 6.62. The molecule has 0 aliphatic carbocycles. The molecule has 0 saturated heterocycles. The molecule has 2 aromatic rings. The van der Waals surface area contributed by atoms with Crippen molar-refractivity contribution in [2.45, 2.75) is 20.3 Å². The van der Waals surface area contributed by atoms with Crippen molar-refractivity contribution in [2.75, 3.05) is 6.54 Å². The van der Waals surface area contributed by atoms with Crippen molar-refractivity contribution in [1.29, 1.82) is 0 Å². The summed E-state index contributed by atoms with van der Waals surface area (Å²) in [5.41, 5.74) is 2.76. The van der Waals surface area contributed by atoms with Crippen LogP contribution in [-0.4, -0.2) is 6.54 Å². The largest absolute Gasteiger partial charge is 0.466 e. The summed E-state index contributed by atoms with van der Waals surface area (Å²) >= 11 is 0. The van der Waals surface area contributed by atoms with Crippen LogP contribution in [-0.2, 0) is 6.42 Å². The number of benzene rings is 1. The standard InChI is InChI=1S/C15H16NO.ClHO4/c1-11-9-14(10-12(2)17-11)16-8-7-13-5-3-4-6-15(13)16;2-1(3,4)5/h3-6,9-10H,7-8H2,1-2H3;(H,2,3,4,5)/q+1;/p-1. The Morgan fingerprint density at radius 3 is 2.14 bits per heavy atom. The van der Waals surface area contributed by atoms with Crippen LogP contribution in [0.1, 0.15) is 17.1 Å². The van der Waals surface area contributed by atoms with Crippen molar-refractivity contribution < 1.29 is 33.3 Å². The number of fused-ring (bicyclic) bond motifs is 1. The zero-order valence-corrected chi connectivity index (χ0v) is 13.0. The van der Waals surface area contributed by atoms with E-state index in [2.05, 4.69) is 41.0 Å². The SMILES string of the molecule is Cc1cc(=[N+]2CCc3ccccc32)cc(C)o1.[O-][Cl+3]([O-])([O-])[O-]. The summed E-state index contributed by atoms with van der Waals surface area (Å²) in [5, 5.41) is 1.23. The third kappa shape index (κ3) is 4.66.